The van der Waals surface area contributed by atoms with Crippen molar-refractivity contribution in [3.8, 4) is 11.4 Å². The zero-order chi connectivity index (χ0) is 18.7. The molecule has 0 spiro atoms. The van der Waals surface area contributed by atoms with Gasteiger partial charge >= 0.3 is 6.09 Å². The van der Waals surface area contributed by atoms with Crippen LogP contribution in [-0.2, 0) is 9.53 Å². The Morgan fingerprint density at radius 3 is 3.08 bits per heavy atom. The highest BCUT2D eigenvalue weighted by molar-refractivity contribution is 6.27. The summed E-state index contributed by atoms with van der Waals surface area (Å²) in [5, 5.41) is 2.59. The highest BCUT2D eigenvalue weighted by Crippen LogP contribution is 2.27. The Balaban J connectivity index is 1.76. The van der Waals surface area contributed by atoms with E-state index in [0.29, 0.717) is 17.2 Å². The van der Waals surface area contributed by atoms with Crippen molar-refractivity contribution in [2.24, 2.45) is 0 Å². The van der Waals surface area contributed by atoms with Gasteiger partial charge < -0.3 is 15.0 Å². The molecule has 2 aromatic rings. The first-order valence-corrected chi connectivity index (χ1v) is 8.26. The van der Waals surface area contributed by atoms with Gasteiger partial charge in [-0.2, -0.15) is 0 Å². The third kappa shape index (κ3) is 3.85. The molecule has 2 heterocycles. The summed E-state index contributed by atoms with van der Waals surface area (Å²) in [4.78, 5) is 31.3. The molecule has 0 aliphatic carbocycles. The minimum Gasteiger partial charge on any atom is -0.442 e. The number of imidazole rings is 1. The molecule has 0 saturated carbocycles. The SMILES string of the molecule is CC(=O)NC[C@H]1CN(c2ccc(-c3ncc(C=CCl)[nH]3)c(F)c2)C(=O)O1. The third-order valence-electron chi connectivity index (χ3n) is 3.81. The maximum atomic E-state index is 14.5. The van der Waals surface area contributed by atoms with Crippen molar-refractivity contribution < 1.29 is 18.7 Å². The number of halogens is 2. The molecule has 2 N–H and O–H groups in total. The quantitative estimate of drug-likeness (QED) is 0.837. The summed E-state index contributed by atoms with van der Waals surface area (Å²) in [6.07, 6.45) is 2.07. The van der Waals surface area contributed by atoms with Crippen molar-refractivity contribution in [2.45, 2.75) is 13.0 Å². The molecule has 136 valence electrons. The molecule has 1 aromatic carbocycles. The number of carbonyl (C=O) groups is 2. The van der Waals surface area contributed by atoms with Gasteiger partial charge in [0.1, 0.15) is 17.7 Å². The molecule has 0 bridgehead atoms. The van der Waals surface area contributed by atoms with Crippen molar-refractivity contribution >= 4 is 35.4 Å². The average molecular weight is 379 g/mol. The van der Waals surface area contributed by atoms with Crippen LogP contribution >= 0.6 is 11.6 Å². The number of ether oxygens (including phenoxy) is 1. The zero-order valence-electron chi connectivity index (χ0n) is 13.8. The van der Waals surface area contributed by atoms with E-state index in [9.17, 15) is 14.0 Å². The van der Waals surface area contributed by atoms with Crippen LogP contribution in [0.3, 0.4) is 0 Å². The van der Waals surface area contributed by atoms with Gasteiger partial charge in [-0.15, -0.1) is 0 Å². The summed E-state index contributed by atoms with van der Waals surface area (Å²) in [5.74, 6) is -0.389. The number of carbonyl (C=O) groups excluding carboxylic acids is 2. The number of benzene rings is 1. The summed E-state index contributed by atoms with van der Waals surface area (Å²) in [7, 11) is 0. The molecule has 26 heavy (non-hydrogen) atoms. The Morgan fingerprint density at radius 2 is 2.38 bits per heavy atom. The van der Waals surface area contributed by atoms with Gasteiger partial charge in [-0.05, 0) is 24.3 Å². The first-order chi connectivity index (χ1) is 12.5. The maximum Gasteiger partial charge on any atom is 0.414 e. The smallest absolute Gasteiger partial charge is 0.414 e. The summed E-state index contributed by atoms with van der Waals surface area (Å²) >= 11 is 5.51. The molecule has 7 nitrogen and oxygen atoms in total. The summed E-state index contributed by atoms with van der Waals surface area (Å²) in [6.45, 7) is 1.82. The predicted octanol–water partition coefficient (Wildman–Crippen LogP) is 2.89. The molecule has 2 amide bonds. The van der Waals surface area contributed by atoms with Gasteiger partial charge in [-0.25, -0.2) is 14.2 Å². The van der Waals surface area contributed by atoms with E-state index in [2.05, 4.69) is 15.3 Å². The van der Waals surface area contributed by atoms with E-state index in [1.54, 1.807) is 12.1 Å². The molecule has 1 fully saturated rings. The Morgan fingerprint density at radius 1 is 1.58 bits per heavy atom. The minimum atomic E-state index is -0.583. The molecule has 9 heteroatoms. The van der Waals surface area contributed by atoms with Crippen LogP contribution in [-0.4, -0.2) is 41.2 Å². The van der Waals surface area contributed by atoms with Gasteiger partial charge in [-0.1, -0.05) is 11.6 Å². The fraction of sp³-hybridized carbons (Fsp3) is 0.235. The topological polar surface area (TPSA) is 87.3 Å². The van der Waals surface area contributed by atoms with Crippen molar-refractivity contribution in [3.05, 3.63) is 41.4 Å². The second-order valence-corrected chi connectivity index (χ2v) is 5.95. The second kappa shape index (κ2) is 7.57. The lowest BCUT2D eigenvalue weighted by molar-refractivity contribution is -0.119. The fourth-order valence-corrected chi connectivity index (χ4v) is 2.72. The number of rotatable bonds is 5. The van der Waals surface area contributed by atoms with Crippen molar-refractivity contribution in [1.82, 2.24) is 15.3 Å². The Hall–Kier alpha value is -2.87. The van der Waals surface area contributed by atoms with Gasteiger partial charge in [0.2, 0.25) is 5.91 Å². The first kappa shape index (κ1) is 17.9. The van der Waals surface area contributed by atoms with E-state index in [1.165, 1.54) is 35.7 Å². The molecular formula is C17H16ClFN4O3. The minimum absolute atomic E-state index is 0.210. The van der Waals surface area contributed by atoms with E-state index in [0.717, 1.165) is 0 Å². The fourth-order valence-electron chi connectivity index (χ4n) is 2.58. The van der Waals surface area contributed by atoms with Gasteiger partial charge in [0, 0.05) is 12.5 Å². The number of cyclic esters (lactones) is 1. The van der Waals surface area contributed by atoms with Crippen LogP contribution in [0.25, 0.3) is 17.5 Å². The standard InChI is InChI=1S/C17H16ClFN4O3/c1-10(24)20-8-13-9-23(17(25)26-13)12-2-3-14(15(19)6-12)16-21-7-11(22-16)4-5-18/h2-7,13H,8-9H2,1H3,(H,20,24)(H,21,22)/t13-/m0/s1. The van der Waals surface area contributed by atoms with E-state index in [1.807, 2.05) is 0 Å². The van der Waals surface area contributed by atoms with Crippen molar-refractivity contribution in [2.75, 3.05) is 18.0 Å². The molecule has 1 atom stereocenters. The summed E-state index contributed by atoms with van der Waals surface area (Å²) in [5.41, 5.74) is 2.61. The number of hydrogen-bond acceptors (Lipinski definition) is 4. The van der Waals surface area contributed by atoms with Crippen LogP contribution in [0, 0.1) is 5.82 Å². The molecule has 1 aliphatic rings. The van der Waals surface area contributed by atoms with Crippen molar-refractivity contribution in [1.29, 1.82) is 0 Å². The second-order valence-electron chi connectivity index (χ2n) is 5.70. The molecular weight excluding hydrogens is 363 g/mol. The van der Waals surface area contributed by atoms with Crippen LogP contribution in [0.2, 0.25) is 0 Å². The number of aromatic amines is 1. The average Bonchev–Trinajstić information content (AvgIpc) is 3.20. The summed E-state index contributed by atoms with van der Waals surface area (Å²) < 4.78 is 19.7. The van der Waals surface area contributed by atoms with Gasteiger partial charge in [0.05, 0.1) is 36.2 Å². The van der Waals surface area contributed by atoms with Gasteiger partial charge in [0.25, 0.3) is 0 Å². The van der Waals surface area contributed by atoms with Crippen LogP contribution in [0.4, 0.5) is 14.9 Å². The third-order valence-corrected chi connectivity index (χ3v) is 3.94. The molecule has 1 aliphatic heterocycles. The molecule has 1 saturated heterocycles. The number of nitrogens with zero attached hydrogens (tertiary/aromatic N) is 2. The highest BCUT2D eigenvalue weighted by Gasteiger charge is 2.32. The monoisotopic (exact) mass is 378 g/mol. The highest BCUT2D eigenvalue weighted by atomic mass is 35.5. The van der Waals surface area contributed by atoms with Crippen molar-refractivity contribution in [3.63, 3.8) is 0 Å². The van der Waals surface area contributed by atoms with E-state index < -0.39 is 18.0 Å². The predicted molar refractivity (Wildman–Crippen MR) is 95.2 cm³/mol. The number of aromatic nitrogens is 2. The normalized spacial score (nSPS) is 17.0. The number of amides is 2. The number of H-pyrrole nitrogens is 1. The number of hydrogen-bond donors (Lipinski definition) is 2. The van der Waals surface area contributed by atoms with E-state index >= 15 is 0 Å². The molecule has 0 unspecified atom stereocenters. The molecule has 3 rings (SSSR count). The van der Waals surface area contributed by atoms with Crippen LogP contribution in [0.5, 0.6) is 0 Å². The Labute approximate surface area is 153 Å². The Kier molecular flexibility index (Phi) is 5.22. The Bertz CT molecular complexity index is 867. The molecule has 0 radical (unpaired) electrons. The lowest BCUT2D eigenvalue weighted by Gasteiger charge is -2.14. The zero-order valence-corrected chi connectivity index (χ0v) is 14.6. The summed E-state index contributed by atoms with van der Waals surface area (Å²) in [6, 6.07) is 4.39. The van der Waals surface area contributed by atoms with Gasteiger partial charge in [-0.3, -0.25) is 9.69 Å². The number of anilines is 1. The lowest BCUT2D eigenvalue weighted by Crippen LogP contribution is -2.33. The lowest BCUT2D eigenvalue weighted by atomic mass is 10.1. The van der Waals surface area contributed by atoms with Crippen LogP contribution < -0.4 is 10.2 Å². The first-order valence-electron chi connectivity index (χ1n) is 7.82. The van der Waals surface area contributed by atoms with Gasteiger partial charge in [0.15, 0.2) is 0 Å². The number of nitrogens with one attached hydrogen (secondary N) is 2. The van der Waals surface area contributed by atoms with E-state index in [4.69, 9.17) is 16.3 Å². The van der Waals surface area contributed by atoms with Crippen LogP contribution in [0.15, 0.2) is 29.9 Å². The maximum absolute atomic E-state index is 14.5. The van der Waals surface area contributed by atoms with E-state index in [-0.39, 0.29) is 24.6 Å². The van der Waals surface area contributed by atoms with Crippen LogP contribution in [0.1, 0.15) is 12.6 Å². The molecule has 1 aromatic heterocycles. The largest absolute Gasteiger partial charge is 0.442 e.